The molecule has 0 atom stereocenters. The maximum Gasteiger partial charge on any atom is 0.0540 e. The van der Waals surface area contributed by atoms with Crippen molar-refractivity contribution in [3.05, 3.63) is 173 Å². The molecular formula is C40H33N. The van der Waals surface area contributed by atoms with E-state index >= 15 is 0 Å². The summed E-state index contributed by atoms with van der Waals surface area (Å²) in [5.74, 6) is 0. The van der Waals surface area contributed by atoms with Crippen molar-refractivity contribution in [3.8, 4) is 0 Å². The smallest absolute Gasteiger partial charge is 0.0540 e. The third kappa shape index (κ3) is 5.08. The molecule has 6 aromatic rings. The highest BCUT2D eigenvalue weighted by Crippen LogP contribution is 2.42. The van der Waals surface area contributed by atoms with E-state index in [1.54, 1.807) is 0 Å². The standard InChI is InChI=1S/C40H33N/c1-3-13-33(14-4-1)38(34-15-5-2-6-16-34)29-30-25-27-35(28-26-30)41(39-23-11-19-31-17-7-9-21-36(31)39)40-24-12-20-32-18-8-10-22-37(32)40/h1-7,9,11-17,19-21,23-29H,8,10,18,22H2. The minimum absolute atomic E-state index is 1.13. The number of fused-ring (bicyclic) bond motifs is 2. The molecule has 1 nitrogen and oxygen atoms in total. The van der Waals surface area contributed by atoms with Crippen molar-refractivity contribution in [2.75, 3.05) is 4.90 Å². The molecule has 7 rings (SSSR count). The van der Waals surface area contributed by atoms with E-state index in [0.29, 0.717) is 0 Å². The second-order valence-electron chi connectivity index (χ2n) is 10.8. The summed E-state index contributed by atoms with van der Waals surface area (Å²) in [6, 6.07) is 52.7. The first-order valence-corrected chi connectivity index (χ1v) is 14.7. The minimum atomic E-state index is 1.13. The third-order valence-electron chi connectivity index (χ3n) is 8.25. The third-order valence-corrected chi connectivity index (χ3v) is 8.25. The van der Waals surface area contributed by atoms with Crippen LogP contribution in [0, 0.1) is 0 Å². The molecule has 1 aliphatic carbocycles. The Morgan fingerprint density at radius 2 is 1.12 bits per heavy atom. The molecule has 41 heavy (non-hydrogen) atoms. The highest BCUT2D eigenvalue weighted by atomic mass is 15.1. The lowest BCUT2D eigenvalue weighted by Gasteiger charge is -2.31. The minimum Gasteiger partial charge on any atom is -0.310 e. The molecule has 0 unspecified atom stereocenters. The van der Waals surface area contributed by atoms with Crippen LogP contribution in [-0.2, 0) is 12.8 Å². The van der Waals surface area contributed by atoms with Gasteiger partial charge < -0.3 is 4.90 Å². The molecule has 0 amide bonds. The first-order chi connectivity index (χ1) is 20.3. The van der Waals surface area contributed by atoms with Crippen LogP contribution in [-0.4, -0.2) is 0 Å². The fraction of sp³-hybridized carbons (Fsp3) is 0.100. The van der Waals surface area contributed by atoms with E-state index in [0.717, 1.165) is 12.8 Å². The summed E-state index contributed by atoms with van der Waals surface area (Å²) in [5.41, 5.74) is 11.5. The van der Waals surface area contributed by atoms with Gasteiger partial charge in [-0.3, -0.25) is 0 Å². The Bertz CT molecular complexity index is 1770. The zero-order valence-corrected chi connectivity index (χ0v) is 23.2. The normalized spacial score (nSPS) is 12.5. The Labute approximate surface area is 243 Å². The van der Waals surface area contributed by atoms with Crippen LogP contribution >= 0.6 is 0 Å². The summed E-state index contributed by atoms with van der Waals surface area (Å²) in [6.45, 7) is 0. The fourth-order valence-electron chi connectivity index (χ4n) is 6.24. The summed E-state index contributed by atoms with van der Waals surface area (Å²) >= 11 is 0. The molecule has 0 heterocycles. The lowest BCUT2D eigenvalue weighted by Crippen LogP contribution is -2.15. The Morgan fingerprint density at radius 3 is 1.88 bits per heavy atom. The molecular weight excluding hydrogens is 494 g/mol. The number of hydrogen-bond donors (Lipinski definition) is 0. The first-order valence-electron chi connectivity index (χ1n) is 14.7. The molecule has 0 radical (unpaired) electrons. The van der Waals surface area contributed by atoms with Gasteiger partial charge in [-0.1, -0.05) is 121 Å². The van der Waals surface area contributed by atoms with Crippen molar-refractivity contribution in [3.63, 3.8) is 0 Å². The van der Waals surface area contributed by atoms with Gasteiger partial charge in [0.15, 0.2) is 0 Å². The largest absolute Gasteiger partial charge is 0.310 e. The highest BCUT2D eigenvalue weighted by molar-refractivity contribution is 5.99. The molecule has 0 saturated heterocycles. The van der Waals surface area contributed by atoms with E-state index in [-0.39, 0.29) is 0 Å². The zero-order valence-electron chi connectivity index (χ0n) is 23.2. The Balaban J connectivity index is 1.36. The lowest BCUT2D eigenvalue weighted by molar-refractivity contribution is 0.686. The average Bonchev–Trinajstić information content (AvgIpc) is 3.05. The topological polar surface area (TPSA) is 3.24 Å². The molecule has 0 fully saturated rings. The van der Waals surface area contributed by atoms with E-state index in [1.807, 2.05) is 0 Å². The number of aryl methyl sites for hydroxylation is 1. The second-order valence-corrected chi connectivity index (χ2v) is 10.8. The van der Waals surface area contributed by atoms with Gasteiger partial charge in [0.2, 0.25) is 0 Å². The van der Waals surface area contributed by atoms with E-state index in [2.05, 4.69) is 157 Å². The molecule has 0 N–H and O–H groups in total. The lowest BCUT2D eigenvalue weighted by atomic mass is 9.89. The summed E-state index contributed by atoms with van der Waals surface area (Å²) in [4.78, 5) is 2.48. The Hall–Kier alpha value is -4.88. The van der Waals surface area contributed by atoms with Crippen molar-refractivity contribution in [1.82, 2.24) is 0 Å². The molecule has 0 aromatic heterocycles. The van der Waals surface area contributed by atoms with Crippen LogP contribution in [0.4, 0.5) is 17.1 Å². The predicted molar refractivity (Wildman–Crippen MR) is 175 cm³/mol. The number of rotatable bonds is 6. The van der Waals surface area contributed by atoms with E-state index in [4.69, 9.17) is 0 Å². The van der Waals surface area contributed by atoms with Gasteiger partial charge in [0.25, 0.3) is 0 Å². The SMILES string of the molecule is C(=C(c1ccccc1)c1ccccc1)c1ccc(N(c2cccc3c2CCCC3)c2cccc3ccccc23)cc1. The van der Waals surface area contributed by atoms with Crippen LogP contribution in [0.25, 0.3) is 22.4 Å². The molecule has 0 bridgehead atoms. The molecule has 0 saturated carbocycles. The van der Waals surface area contributed by atoms with Crippen molar-refractivity contribution >= 4 is 39.5 Å². The Morgan fingerprint density at radius 1 is 0.512 bits per heavy atom. The quantitative estimate of drug-likeness (QED) is 0.195. The molecule has 198 valence electrons. The van der Waals surface area contributed by atoms with Crippen molar-refractivity contribution in [1.29, 1.82) is 0 Å². The molecule has 0 aliphatic heterocycles. The van der Waals surface area contributed by atoms with E-state index < -0.39 is 0 Å². The first kappa shape index (κ1) is 25.1. The van der Waals surface area contributed by atoms with Crippen LogP contribution in [0.15, 0.2) is 146 Å². The number of anilines is 3. The second kappa shape index (κ2) is 11.3. The molecule has 0 spiro atoms. The average molecular weight is 528 g/mol. The van der Waals surface area contributed by atoms with Gasteiger partial charge in [-0.05, 0) is 94.8 Å². The van der Waals surface area contributed by atoms with Gasteiger partial charge in [0.1, 0.15) is 0 Å². The van der Waals surface area contributed by atoms with Crippen LogP contribution in [0.1, 0.15) is 40.7 Å². The monoisotopic (exact) mass is 527 g/mol. The predicted octanol–water partition coefficient (Wildman–Crippen LogP) is 10.8. The summed E-state index contributed by atoms with van der Waals surface area (Å²) in [5, 5.41) is 2.53. The maximum absolute atomic E-state index is 2.48. The van der Waals surface area contributed by atoms with Crippen molar-refractivity contribution < 1.29 is 0 Å². The van der Waals surface area contributed by atoms with Crippen LogP contribution in [0.5, 0.6) is 0 Å². The van der Waals surface area contributed by atoms with Crippen LogP contribution in [0.3, 0.4) is 0 Å². The number of nitrogens with zero attached hydrogens (tertiary/aromatic N) is 1. The van der Waals surface area contributed by atoms with Crippen LogP contribution in [0.2, 0.25) is 0 Å². The van der Waals surface area contributed by atoms with E-state index in [1.165, 1.54) is 74.1 Å². The van der Waals surface area contributed by atoms with Gasteiger partial charge in [-0.25, -0.2) is 0 Å². The molecule has 6 aromatic carbocycles. The maximum atomic E-state index is 2.48. The fourth-order valence-corrected chi connectivity index (χ4v) is 6.24. The summed E-state index contributed by atoms with van der Waals surface area (Å²) in [7, 11) is 0. The van der Waals surface area contributed by atoms with Gasteiger partial charge in [0, 0.05) is 16.8 Å². The van der Waals surface area contributed by atoms with Gasteiger partial charge >= 0.3 is 0 Å². The van der Waals surface area contributed by atoms with Gasteiger partial charge in [0.05, 0.1) is 5.69 Å². The Kier molecular flexibility index (Phi) is 6.93. The van der Waals surface area contributed by atoms with Crippen molar-refractivity contribution in [2.24, 2.45) is 0 Å². The van der Waals surface area contributed by atoms with Gasteiger partial charge in [-0.15, -0.1) is 0 Å². The summed E-state index contributed by atoms with van der Waals surface area (Å²) in [6.07, 6.45) is 7.13. The summed E-state index contributed by atoms with van der Waals surface area (Å²) < 4.78 is 0. The van der Waals surface area contributed by atoms with Gasteiger partial charge in [-0.2, -0.15) is 0 Å². The van der Waals surface area contributed by atoms with E-state index in [9.17, 15) is 0 Å². The highest BCUT2D eigenvalue weighted by Gasteiger charge is 2.21. The van der Waals surface area contributed by atoms with Crippen molar-refractivity contribution in [2.45, 2.75) is 25.7 Å². The number of benzene rings is 6. The molecule has 1 aliphatic rings. The number of hydrogen-bond acceptors (Lipinski definition) is 1. The zero-order chi connectivity index (χ0) is 27.4. The van der Waals surface area contributed by atoms with Crippen LogP contribution < -0.4 is 4.90 Å². The molecule has 1 heteroatoms.